The lowest BCUT2D eigenvalue weighted by atomic mass is 10.1. The van der Waals surface area contributed by atoms with Gasteiger partial charge in [-0.3, -0.25) is 9.78 Å². The van der Waals surface area contributed by atoms with Crippen molar-refractivity contribution in [1.29, 1.82) is 0 Å². The molecule has 0 saturated heterocycles. The maximum atomic E-state index is 13.4. The number of nitrogens with zero attached hydrogens (tertiary/aromatic N) is 5. The molecule has 0 spiro atoms. The average Bonchev–Trinajstić information content (AvgIpc) is 3.26. The van der Waals surface area contributed by atoms with Crippen LogP contribution in [0.5, 0.6) is 0 Å². The van der Waals surface area contributed by atoms with Crippen LogP contribution in [0.2, 0.25) is 0 Å². The highest BCUT2D eigenvalue weighted by molar-refractivity contribution is 7.22. The van der Waals surface area contributed by atoms with Gasteiger partial charge in [0.2, 0.25) is 0 Å². The number of carbonyl (C=O) groups excluding carboxylic acids is 2. The van der Waals surface area contributed by atoms with E-state index >= 15 is 0 Å². The van der Waals surface area contributed by atoms with Crippen molar-refractivity contribution in [3.63, 3.8) is 0 Å². The smallest absolute Gasteiger partial charge is 0.330 e. The molecule has 9 nitrogen and oxygen atoms in total. The number of anilines is 3. The van der Waals surface area contributed by atoms with Crippen LogP contribution in [0.4, 0.5) is 22.0 Å². The number of fused-ring (bicyclic) bond motifs is 3. The molecule has 0 fully saturated rings. The van der Waals surface area contributed by atoms with E-state index in [1.54, 1.807) is 34.3 Å². The zero-order valence-corrected chi connectivity index (χ0v) is 20.6. The highest BCUT2D eigenvalue weighted by atomic mass is 32.1. The molecule has 2 N–H and O–H groups in total. The molecule has 4 aromatic heterocycles. The summed E-state index contributed by atoms with van der Waals surface area (Å²) in [6.45, 7) is 5.60. The Kier molecular flexibility index (Phi) is 5.70. The minimum absolute atomic E-state index is 0.206. The van der Waals surface area contributed by atoms with Crippen LogP contribution in [-0.4, -0.2) is 50.0 Å². The van der Waals surface area contributed by atoms with Crippen molar-refractivity contribution in [3.05, 3.63) is 59.7 Å². The van der Waals surface area contributed by atoms with E-state index in [-0.39, 0.29) is 6.03 Å². The molecular weight excluding hydrogens is 464 g/mol. The number of thiophene rings is 1. The summed E-state index contributed by atoms with van der Waals surface area (Å²) in [6.07, 6.45) is 4.01. The molecule has 0 aromatic carbocycles. The summed E-state index contributed by atoms with van der Waals surface area (Å²) < 4.78 is 0. The first-order chi connectivity index (χ1) is 16.7. The zero-order valence-electron chi connectivity index (χ0n) is 19.7. The van der Waals surface area contributed by atoms with Gasteiger partial charge in [0.05, 0.1) is 24.1 Å². The van der Waals surface area contributed by atoms with Gasteiger partial charge in [-0.2, -0.15) is 0 Å². The Morgan fingerprint density at radius 1 is 1.14 bits per heavy atom. The standard InChI is InChI=1S/C25H24N6O3S/c1-13-7-21(27-11-19(13)29-23(33)15(3)32)31-22-17(12-30(4)25(31)34)10-28-24-18(22)8-20(35-24)16-6-5-14(2)26-9-16/h5-11,15,32H,12H2,1-4H3,(H,29,33). The van der Waals surface area contributed by atoms with Crippen LogP contribution in [0, 0.1) is 13.8 Å². The molecule has 0 saturated carbocycles. The van der Waals surface area contributed by atoms with Crippen molar-refractivity contribution in [2.45, 2.75) is 33.4 Å². The number of rotatable bonds is 4. The fourth-order valence-corrected chi connectivity index (χ4v) is 4.98. The quantitative estimate of drug-likeness (QED) is 0.441. The molecule has 4 aromatic rings. The second kappa shape index (κ2) is 8.71. The van der Waals surface area contributed by atoms with Crippen LogP contribution < -0.4 is 10.2 Å². The lowest BCUT2D eigenvalue weighted by Gasteiger charge is -2.34. The highest BCUT2D eigenvalue weighted by Crippen LogP contribution is 2.43. The van der Waals surface area contributed by atoms with E-state index in [9.17, 15) is 14.7 Å². The third kappa shape index (κ3) is 4.11. The van der Waals surface area contributed by atoms with Gasteiger partial charge in [0, 0.05) is 46.5 Å². The van der Waals surface area contributed by atoms with Crippen LogP contribution in [0.15, 0.2) is 42.9 Å². The van der Waals surface area contributed by atoms with Gasteiger partial charge in [-0.15, -0.1) is 11.3 Å². The maximum Gasteiger partial charge on any atom is 0.330 e. The van der Waals surface area contributed by atoms with Crippen molar-refractivity contribution < 1.29 is 14.7 Å². The van der Waals surface area contributed by atoms with Crippen LogP contribution >= 0.6 is 11.3 Å². The largest absolute Gasteiger partial charge is 0.384 e. The number of pyridine rings is 3. The zero-order chi connectivity index (χ0) is 24.9. The molecule has 178 valence electrons. The van der Waals surface area contributed by atoms with E-state index in [2.05, 4.69) is 20.3 Å². The molecule has 0 radical (unpaired) electrons. The van der Waals surface area contributed by atoms with Gasteiger partial charge in [0.25, 0.3) is 5.91 Å². The second-order valence-electron chi connectivity index (χ2n) is 8.65. The van der Waals surface area contributed by atoms with E-state index < -0.39 is 12.0 Å². The normalized spacial score (nSPS) is 14.3. The molecule has 1 unspecified atom stereocenters. The first-order valence-electron chi connectivity index (χ1n) is 11.1. The topological polar surface area (TPSA) is 112 Å². The van der Waals surface area contributed by atoms with Crippen LogP contribution in [-0.2, 0) is 11.3 Å². The summed E-state index contributed by atoms with van der Waals surface area (Å²) in [6, 6.07) is 7.59. The molecule has 10 heteroatoms. The SMILES string of the molecule is Cc1ccc(-c2cc3c4c(cnc3s2)CN(C)C(=O)N4c2cc(C)c(NC(=O)C(C)O)cn2)cn1. The fraction of sp³-hybridized carbons (Fsp3) is 0.240. The van der Waals surface area contributed by atoms with E-state index in [4.69, 9.17) is 0 Å². The van der Waals surface area contributed by atoms with E-state index in [1.807, 2.05) is 44.4 Å². The number of aryl methyl sites for hydroxylation is 2. The lowest BCUT2D eigenvalue weighted by molar-refractivity contribution is -0.123. The summed E-state index contributed by atoms with van der Waals surface area (Å²) in [5.41, 5.74) is 4.80. The van der Waals surface area contributed by atoms with Crippen LogP contribution in [0.3, 0.4) is 0 Å². The first kappa shape index (κ1) is 22.9. The molecular formula is C25H24N6O3S. The third-order valence-corrected chi connectivity index (χ3v) is 7.01. The van der Waals surface area contributed by atoms with E-state index in [1.165, 1.54) is 13.1 Å². The summed E-state index contributed by atoms with van der Waals surface area (Å²) in [7, 11) is 1.74. The van der Waals surface area contributed by atoms with Gasteiger partial charge >= 0.3 is 6.03 Å². The summed E-state index contributed by atoms with van der Waals surface area (Å²) in [4.78, 5) is 43.9. The Bertz CT molecular complexity index is 1460. The van der Waals surface area contributed by atoms with E-state index in [0.717, 1.165) is 37.6 Å². The number of aliphatic hydroxyl groups is 1. The molecule has 1 atom stereocenters. The number of hydrogen-bond donors (Lipinski definition) is 2. The molecule has 1 aliphatic rings. The van der Waals surface area contributed by atoms with Crippen molar-refractivity contribution >= 4 is 50.7 Å². The summed E-state index contributed by atoms with van der Waals surface area (Å²) >= 11 is 1.55. The Labute approximate surface area is 206 Å². The Morgan fingerprint density at radius 3 is 2.63 bits per heavy atom. The minimum atomic E-state index is -1.14. The molecule has 3 amide bonds. The van der Waals surface area contributed by atoms with Crippen LogP contribution in [0.25, 0.3) is 20.7 Å². The first-order valence-corrected chi connectivity index (χ1v) is 11.9. The van der Waals surface area contributed by atoms with Gasteiger partial charge in [-0.25, -0.2) is 19.7 Å². The van der Waals surface area contributed by atoms with Crippen LogP contribution in [0.1, 0.15) is 23.7 Å². The number of amides is 3. The predicted molar refractivity (Wildman–Crippen MR) is 136 cm³/mol. The minimum Gasteiger partial charge on any atom is -0.384 e. The Hall–Kier alpha value is -3.89. The monoisotopic (exact) mass is 488 g/mol. The number of carbonyl (C=O) groups is 2. The fourth-order valence-electron chi connectivity index (χ4n) is 3.99. The maximum absolute atomic E-state index is 13.4. The van der Waals surface area contributed by atoms with Gasteiger partial charge in [0.1, 0.15) is 16.8 Å². The highest BCUT2D eigenvalue weighted by Gasteiger charge is 2.33. The Balaban J connectivity index is 1.62. The van der Waals surface area contributed by atoms with Gasteiger partial charge < -0.3 is 15.3 Å². The number of hydrogen-bond acceptors (Lipinski definition) is 7. The molecule has 35 heavy (non-hydrogen) atoms. The second-order valence-corrected chi connectivity index (χ2v) is 9.68. The third-order valence-electron chi connectivity index (χ3n) is 5.92. The molecule has 0 aliphatic carbocycles. The van der Waals surface area contributed by atoms with Crippen molar-refractivity contribution in [2.75, 3.05) is 17.3 Å². The summed E-state index contributed by atoms with van der Waals surface area (Å²) in [5.74, 6) is -0.0847. The van der Waals surface area contributed by atoms with Crippen molar-refractivity contribution in [3.8, 4) is 10.4 Å². The number of urea groups is 1. The molecule has 5 heterocycles. The molecule has 0 bridgehead atoms. The van der Waals surface area contributed by atoms with Gasteiger partial charge in [0.15, 0.2) is 0 Å². The van der Waals surface area contributed by atoms with Crippen molar-refractivity contribution in [2.24, 2.45) is 0 Å². The Morgan fingerprint density at radius 2 is 1.94 bits per heavy atom. The van der Waals surface area contributed by atoms with Gasteiger partial charge in [-0.1, -0.05) is 6.07 Å². The number of aliphatic hydroxyl groups excluding tert-OH is 1. The van der Waals surface area contributed by atoms with Gasteiger partial charge in [-0.05, 0) is 44.5 Å². The summed E-state index contributed by atoms with van der Waals surface area (Å²) in [5, 5.41) is 13.0. The predicted octanol–water partition coefficient (Wildman–Crippen LogP) is 4.39. The van der Waals surface area contributed by atoms with Crippen molar-refractivity contribution in [1.82, 2.24) is 19.9 Å². The molecule has 1 aliphatic heterocycles. The van der Waals surface area contributed by atoms with E-state index in [0.29, 0.717) is 23.6 Å². The number of nitrogens with one attached hydrogen (secondary N) is 1. The molecule has 5 rings (SSSR count). The average molecular weight is 489 g/mol. The number of aromatic nitrogens is 3. The lowest BCUT2D eigenvalue weighted by Crippen LogP contribution is -2.43.